The lowest BCUT2D eigenvalue weighted by Crippen LogP contribution is -2.41. The van der Waals surface area contributed by atoms with Crippen LogP contribution in [0.15, 0.2) is 48.8 Å². The van der Waals surface area contributed by atoms with Crippen molar-refractivity contribution in [1.29, 1.82) is 0 Å². The van der Waals surface area contributed by atoms with Crippen molar-refractivity contribution >= 4 is 11.9 Å². The number of ether oxygens (including phenoxy) is 1. The molecule has 3 rings (SSSR count). The van der Waals surface area contributed by atoms with Gasteiger partial charge in [-0.05, 0) is 56.6 Å². The number of esters is 1. The maximum absolute atomic E-state index is 12.7. The van der Waals surface area contributed by atoms with Crippen molar-refractivity contribution < 1.29 is 19.2 Å². The molecule has 2 saturated heterocycles. The van der Waals surface area contributed by atoms with Gasteiger partial charge in [-0.15, -0.1) is 0 Å². The van der Waals surface area contributed by atoms with Crippen LogP contribution < -0.4 is 0 Å². The van der Waals surface area contributed by atoms with Gasteiger partial charge in [0.1, 0.15) is 11.4 Å². The maximum Gasteiger partial charge on any atom is 0.320 e. The lowest BCUT2D eigenvalue weighted by atomic mass is 9.89. The van der Waals surface area contributed by atoms with E-state index in [1.54, 1.807) is 0 Å². The summed E-state index contributed by atoms with van der Waals surface area (Å²) in [4.78, 5) is 37.4. The van der Waals surface area contributed by atoms with E-state index < -0.39 is 5.60 Å². The quantitative estimate of drug-likeness (QED) is 0.181. The van der Waals surface area contributed by atoms with Crippen LogP contribution in [-0.2, 0) is 32.1 Å². The topological polar surface area (TPSA) is 65.6 Å². The molecule has 0 bridgehead atoms. The predicted octanol–water partition coefficient (Wildman–Crippen LogP) is 5.44. The van der Waals surface area contributed by atoms with Crippen molar-refractivity contribution in [2.45, 2.75) is 85.8 Å². The van der Waals surface area contributed by atoms with Gasteiger partial charge in [0.05, 0.1) is 13.1 Å². The molecule has 0 aliphatic carbocycles. The summed E-state index contributed by atoms with van der Waals surface area (Å²) in [5.74, 6) is 0.435. The van der Waals surface area contributed by atoms with E-state index in [2.05, 4.69) is 72.9 Å². The molecule has 0 atom stereocenters. The van der Waals surface area contributed by atoms with Crippen LogP contribution in [0, 0.1) is 5.41 Å². The highest BCUT2D eigenvalue weighted by atomic mass is 16.7. The third kappa shape index (κ3) is 13.7. The van der Waals surface area contributed by atoms with Gasteiger partial charge in [0, 0.05) is 65.2 Å². The summed E-state index contributed by atoms with van der Waals surface area (Å²) < 4.78 is 5.65. The summed E-state index contributed by atoms with van der Waals surface area (Å²) in [5.41, 5.74) is 3.42. The third-order valence-electron chi connectivity index (χ3n) is 7.75. The van der Waals surface area contributed by atoms with E-state index in [9.17, 15) is 9.59 Å². The number of rotatable bonds is 12. The van der Waals surface area contributed by atoms with Crippen molar-refractivity contribution in [2.75, 3.05) is 58.9 Å². The Morgan fingerprint density at radius 1 is 0.814 bits per heavy atom. The Hall–Kier alpha value is -2.68. The average molecular weight is 597 g/mol. The number of amides is 1. The Kier molecular flexibility index (Phi) is 12.8. The monoisotopic (exact) mass is 596 g/mol. The van der Waals surface area contributed by atoms with E-state index in [0.29, 0.717) is 37.1 Å². The van der Waals surface area contributed by atoms with Crippen LogP contribution >= 0.6 is 0 Å². The van der Waals surface area contributed by atoms with Gasteiger partial charge in [-0.2, -0.15) is 5.06 Å². The van der Waals surface area contributed by atoms with Crippen molar-refractivity contribution in [3.05, 3.63) is 59.9 Å². The zero-order valence-electron chi connectivity index (χ0n) is 27.8. The highest BCUT2D eigenvalue weighted by Gasteiger charge is 2.24. The number of hydroxylamine groups is 2. The molecule has 0 radical (unpaired) electrons. The molecule has 8 heteroatoms. The number of nitrogens with zero attached hydrogens (tertiary/aromatic N) is 4. The van der Waals surface area contributed by atoms with E-state index >= 15 is 0 Å². The van der Waals surface area contributed by atoms with E-state index in [0.717, 1.165) is 77.2 Å². The van der Waals surface area contributed by atoms with E-state index in [1.165, 1.54) is 16.2 Å². The summed E-state index contributed by atoms with van der Waals surface area (Å²) in [6.07, 6.45) is 4.11. The minimum atomic E-state index is -0.490. The fourth-order valence-corrected chi connectivity index (χ4v) is 5.32. The summed E-state index contributed by atoms with van der Waals surface area (Å²) in [6, 6.07) is 8.57. The lowest BCUT2D eigenvalue weighted by Gasteiger charge is -2.27. The SMILES string of the molecule is C=C(CCC(C)(C)C)CN1CCN(CC(=O)OC(C)(C)C)CCN(Cc2ccc(CC(=C)ON3CCCC3=O)cc2)CC1. The van der Waals surface area contributed by atoms with Crippen molar-refractivity contribution in [3.8, 4) is 0 Å². The number of allylic oxidation sites excluding steroid dienone is 1. The fraction of sp³-hybridized carbons (Fsp3) is 0.657. The van der Waals surface area contributed by atoms with E-state index in [-0.39, 0.29) is 11.9 Å². The van der Waals surface area contributed by atoms with Crippen LogP contribution in [0.3, 0.4) is 0 Å². The summed E-state index contributed by atoms with van der Waals surface area (Å²) >= 11 is 0. The molecule has 2 fully saturated rings. The van der Waals surface area contributed by atoms with Gasteiger partial charge in [0.2, 0.25) is 0 Å². The normalized spacial score (nSPS) is 18.2. The second-order valence-electron chi connectivity index (χ2n) is 14.4. The van der Waals surface area contributed by atoms with E-state index in [4.69, 9.17) is 9.57 Å². The van der Waals surface area contributed by atoms with Gasteiger partial charge < -0.3 is 9.57 Å². The molecule has 2 heterocycles. The molecule has 1 aromatic carbocycles. The van der Waals surface area contributed by atoms with Gasteiger partial charge in [-0.1, -0.05) is 63.8 Å². The van der Waals surface area contributed by atoms with Crippen LogP contribution in [0.5, 0.6) is 0 Å². The largest absolute Gasteiger partial charge is 0.459 e. The Balaban J connectivity index is 1.61. The summed E-state index contributed by atoms with van der Waals surface area (Å²) in [7, 11) is 0. The highest BCUT2D eigenvalue weighted by molar-refractivity contribution is 5.77. The molecule has 0 unspecified atom stereocenters. The van der Waals surface area contributed by atoms with E-state index in [1.807, 2.05) is 20.8 Å². The number of hydrogen-bond donors (Lipinski definition) is 0. The number of benzene rings is 1. The van der Waals surface area contributed by atoms with Crippen molar-refractivity contribution in [2.24, 2.45) is 5.41 Å². The molecule has 2 aliphatic heterocycles. The van der Waals surface area contributed by atoms with Gasteiger partial charge in [-0.3, -0.25) is 24.3 Å². The summed E-state index contributed by atoms with van der Waals surface area (Å²) in [5, 5.41) is 1.43. The Morgan fingerprint density at radius 3 is 1.91 bits per heavy atom. The van der Waals surface area contributed by atoms with Crippen LogP contribution in [0.1, 0.15) is 78.4 Å². The van der Waals surface area contributed by atoms with Crippen LogP contribution in [0.25, 0.3) is 0 Å². The molecule has 0 saturated carbocycles. The molecule has 0 spiro atoms. The molecular formula is C35H56N4O4. The number of hydrogen-bond acceptors (Lipinski definition) is 7. The second-order valence-corrected chi connectivity index (χ2v) is 14.4. The van der Waals surface area contributed by atoms with Crippen molar-refractivity contribution in [1.82, 2.24) is 19.8 Å². The average Bonchev–Trinajstić information content (AvgIpc) is 3.32. The van der Waals surface area contributed by atoms with Gasteiger partial charge in [0.15, 0.2) is 0 Å². The third-order valence-corrected chi connectivity index (χ3v) is 7.75. The first-order chi connectivity index (χ1) is 20.1. The van der Waals surface area contributed by atoms with Crippen molar-refractivity contribution in [3.63, 3.8) is 0 Å². The molecular weight excluding hydrogens is 540 g/mol. The van der Waals surface area contributed by atoms with Gasteiger partial charge in [-0.25, -0.2) is 0 Å². The second kappa shape index (κ2) is 15.9. The van der Waals surface area contributed by atoms with Crippen LogP contribution in [0.2, 0.25) is 0 Å². The highest BCUT2D eigenvalue weighted by Crippen LogP contribution is 2.23. The molecule has 0 N–H and O–H groups in total. The molecule has 1 aromatic rings. The molecule has 43 heavy (non-hydrogen) atoms. The lowest BCUT2D eigenvalue weighted by molar-refractivity contribution is -0.164. The Labute approximate surface area is 260 Å². The first-order valence-corrected chi connectivity index (χ1v) is 15.9. The minimum Gasteiger partial charge on any atom is -0.459 e. The fourth-order valence-electron chi connectivity index (χ4n) is 5.32. The zero-order chi connectivity index (χ0) is 31.6. The molecule has 2 aliphatic rings. The summed E-state index contributed by atoms with van der Waals surface area (Å²) in [6.45, 7) is 29.0. The van der Waals surface area contributed by atoms with Crippen LogP contribution in [0.4, 0.5) is 0 Å². The molecule has 1 amide bonds. The predicted molar refractivity (Wildman–Crippen MR) is 173 cm³/mol. The van der Waals surface area contributed by atoms with Gasteiger partial charge >= 0.3 is 5.97 Å². The minimum absolute atomic E-state index is 0.0259. The Morgan fingerprint density at radius 2 is 1.37 bits per heavy atom. The van der Waals surface area contributed by atoms with Gasteiger partial charge in [0.25, 0.3) is 5.91 Å². The Bertz CT molecular complexity index is 1090. The zero-order valence-corrected chi connectivity index (χ0v) is 27.8. The molecule has 240 valence electrons. The number of carbonyl (C=O) groups is 2. The smallest absolute Gasteiger partial charge is 0.320 e. The first kappa shape index (κ1) is 34.8. The maximum atomic E-state index is 12.7. The number of carbonyl (C=O) groups excluding carboxylic acids is 2. The standard InChI is InChI=1S/C35H56N4O4/c1-28(15-16-34(3,4)5)25-36-18-20-37(21-23-38(22-19-36)27-33(41)42-35(6,7)8)26-31-13-11-30(12-14-31)24-29(2)43-39-17-9-10-32(39)40/h11-14H,1-2,9-10,15-27H2,3-8H3. The molecule has 8 nitrogen and oxygen atoms in total. The van der Waals surface area contributed by atoms with Crippen LogP contribution in [-0.4, -0.2) is 96.1 Å². The molecule has 0 aromatic heterocycles. The first-order valence-electron chi connectivity index (χ1n) is 15.9.